The third kappa shape index (κ3) is 4.92. The highest BCUT2D eigenvalue weighted by atomic mass is 19.4. The van der Waals surface area contributed by atoms with Crippen LogP contribution in [-0.2, 0) is 6.18 Å². The Morgan fingerprint density at radius 1 is 0.939 bits per heavy atom. The molecule has 0 bridgehead atoms. The van der Waals surface area contributed by atoms with E-state index in [0.717, 1.165) is 5.56 Å². The molecule has 0 aliphatic rings. The lowest BCUT2D eigenvalue weighted by Gasteiger charge is -2.13. The lowest BCUT2D eigenvalue weighted by molar-refractivity contribution is -0.152. The molecule has 0 aliphatic carbocycles. The van der Waals surface area contributed by atoms with Gasteiger partial charge in [-0.1, -0.05) is 48.5 Å². The van der Waals surface area contributed by atoms with E-state index in [2.05, 4.69) is 0 Å². The fourth-order valence-corrected chi connectivity index (χ4v) is 3.38. The van der Waals surface area contributed by atoms with Gasteiger partial charge in [-0.2, -0.15) is 13.2 Å². The Hall–Kier alpha value is -4.00. The zero-order chi connectivity index (χ0) is 23.4. The molecular formula is C26H19F3O4. The Morgan fingerprint density at radius 2 is 1.64 bits per heavy atom. The average Bonchev–Trinajstić information content (AvgIpc) is 2.82. The summed E-state index contributed by atoms with van der Waals surface area (Å²) in [5.41, 5.74) is -0.438. The molecular weight excluding hydrogens is 433 g/mol. The van der Waals surface area contributed by atoms with E-state index in [1.807, 2.05) is 36.4 Å². The number of benzene rings is 3. The SMILES string of the molecule is COc1ccc(-c2c(C(F)(F)F)oc3cc(OC/C=C/c4ccccc4)ccc3c2=O)cc1. The second-order valence-electron chi connectivity index (χ2n) is 7.14. The van der Waals surface area contributed by atoms with Crippen LogP contribution in [0.15, 0.2) is 88.1 Å². The molecule has 1 aromatic heterocycles. The summed E-state index contributed by atoms with van der Waals surface area (Å²) >= 11 is 0. The van der Waals surface area contributed by atoms with Gasteiger partial charge in [-0.15, -0.1) is 0 Å². The van der Waals surface area contributed by atoms with E-state index in [4.69, 9.17) is 13.9 Å². The lowest BCUT2D eigenvalue weighted by Crippen LogP contribution is -2.16. The van der Waals surface area contributed by atoms with Gasteiger partial charge in [0.05, 0.1) is 18.1 Å². The highest BCUT2D eigenvalue weighted by Gasteiger charge is 2.39. The molecule has 0 spiro atoms. The average molecular weight is 452 g/mol. The van der Waals surface area contributed by atoms with Crippen LogP contribution in [0.3, 0.4) is 0 Å². The molecule has 0 unspecified atom stereocenters. The second-order valence-corrected chi connectivity index (χ2v) is 7.14. The second kappa shape index (κ2) is 9.24. The summed E-state index contributed by atoms with van der Waals surface area (Å²) in [5.74, 6) is -0.611. The molecule has 0 amide bonds. The van der Waals surface area contributed by atoms with Crippen molar-refractivity contribution in [1.82, 2.24) is 0 Å². The maximum Gasteiger partial charge on any atom is 0.450 e. The number of methoxy groups -OCH3 is 1. The number of fused-ring (bicyclic) bond motifs is 1. The normalized spacial score (nSPS) is 11.8. The summed E-state index contributed by atoms with van der Waals surface area (Å²) in [6.45, 7) is 0.195. The molecule has 1 heterocycles. The first-order valence-corrected chi connectivity index (χ1v) is 10.0. The first-order chi connectivity index (χ1) is 15.9. The van der Waals surface area contributed by atoms with Crippen LogP contribution in [0.25, 0.3) is 28.2 Å². The number of ether oxygens (including phenoxy) is 2. The van der Waals surface area contributed by atoms with E-state index in [0.29, 0.717) is 5.75 Å². The third-order valence-corrected chi connectivity index (χ3v) is 4.96. The molecule has 0 saturated heterocycles. The van der Waals surface area contributed by atoms with Gasteiger partial charge in [-0.05, 0) is 41.5 Å². The molecule has 3 aromatic carbocycles. The van der Waals surface area contributed by atoms with Crippen LogP contribution in [0, 0.1) is 0 Å². The molecule has 0 atom stereocenters. The molecule has 0 radical (unpaired) electrons. The highest BCUT2D eigenvalue weighted by molar-refractivity contribution is 5.84. The van der Waals surface area contributed by atoms with E-state index < -0.39 is 22.9 Å². The van der Waals surface area contributed by atoms with Crippen LogP contribution in [0.2, 0.25) is 0 Å². The molecule has 0 aliphatic heterocycles. The monoisotopic (exact) mass is 452 g/mol. The zero-order valence-electron chi connectivity index (χ0n) is 17.6. The van der Waals surface area contributed by atoms with Gasteiger partial charge >= 0.3 is 6.18 Å². The van der Waals surface area contributed by atoms with Gasteiger partial charge in [0.25, 0.3) is 0 Å². The molecule has 4 nitrogen and oxygen atoms in total. The quantitative estimate of drug-likeness (QED) is 0.332. The van der Waals surface area contributed by atoms with Crippen LogP contribution in [-0.4, -0.2) is 13.7 Å². The zero-order valence-corrected chi connectivity index (χ0v) is 17.6. The molecule has 33 heavy (non-hydrogen) atoms. The predicted octanol–water partition coefficient (Wildman–Crippen LogP) is 6.58. The summed E-state index contributed by atoms with van der Waals surface area (Å²) in [7, 11) is 1.44. The summed E-state index contributed by atoms with van der Waals surface area (Å²) < 4.78 is 57.2. The summed E-state index contributed by atoms with van der Waals surface area (Å²) in [4.78, 5) is 13.0. The van der Waals surface area contributed by atoms with Crippen molar-refractivity contribution in [2.75, 3.05) is 13.7 Å². The minimum atomic E-state index is -4.86. The predicted molar refractivity (Wildman–Crippen MR) is 120 cm³/mol. The molecule has 0 saturated carbocycles. The van der Waals surface area contributed by atoms with Crippen LogP contribution in [0.1, 0.15) is 11.3 Å². The fraction of sp³-hybridized carbons (Fsp3) is 0.115. The van der Waals surface area contributed by atoms with E-state index in [-0.39, 0.29) is 28.9 Å². The standard InChI is InChI=1S/C26H19F3O4/c1-31-19-11-9-18(10-12-19)23-24(30)21-14-13-20(16-22(21)33-25(23)26(27,28)29)32-15-5-8-17-6-3-2-4-7-17/h2-14,16H,15H2,1H3/b8-5+. The van der Waals surface area contributed by atoms with Crippen molar-refractivity contribution < 1.29 is 27.1 Å². The Bertz CT molecular complexity index is 1340. The van der Waals surface area contributed by atoms with Crippen molar-refractivity contribution >= 4 is 17.0 Å². The maximum absolute atomic E-state index is 13.8. The highest BCUT2D eigenvalue weighted by Crippen LogP contribution is 2.38. The van der Waals surface area contributed by atoms with E-state index >= 15 is 0 Å². The van der Waals surface area contributed by atoms with Crippen LogP contribution >= 0.6 is 0 Å². The van der Waals surface area contributed by atoms with Gasteiger partial charge in [-0.25, -0.2) is 0 Å². The Kier molecular flexibility index (Phi) is 6.22. The first kappa shape index (κ1) is 22.2. The van der Waals surface area contributed by atoms with Gasteiger partial charge in [0.15, 0.2) is 0 Å². The first-order valence-electron chi connectivity index (χ1n) is 10.0. The van der Waals surface area contributed by atoms with Crippen molar-refractivity contribution in [3.05, 3.63) is 100 Å². The molecule has 4 aromatic rings. The maximum atomic E-state index is 13.8. The van der Waals surface area contributed by atoms with Crippen molar-refractivity contribution in [3.8, 4) is 22.6 Å². The number of halogens is 3. The van der Waals surface area contributed by atoms with Crippen LogP contribution < -0.4 is 14.9 Å². The number of hydrogen-bond acceptors (Lipinski definition) is 4. The summed E-state index contributed by atoms with van der Waals surface area (Å²) in [6.07, 6.45) is -1.22. The molecule has 0 N–H and O–H groups in total. The Morgan fingerprint density at radius 3 is 2.30 bits per heavy atom. The smallest absolute Gasteiger partial charge is 0.450 e. The number of rotatable bonds is 6. The summed E-state index contributed by atoms with van der Waals surface area (Å²) in [6, 6.07) is 19.6. The molecule has 168 valence electrons. The van der Waals surface area contributed by atoms with Crippen molar-refractivity contribution in [1.29, 1.82) is 0 Å². The largest absolute Gasteiger partial charge is 0.497 e. The number of hydrogen-bond donors (Lipinski definition) is 0. The molecule has 7 heteroatoms. The number of alkyl halides is 3. The van der Waals surface area contributed by atoms with E-state index in [9.17, 15) is 18.0 Å². The van der Waals surface area contributed by atoms with E-state index in [1.165, 1.54) is 49.6 Å². The molecule has 0 fully saturated rings. The fourth-order valence-electron chi connectivity index (χ4n) is 3.38. The Labute approximate surface area is 187 Å². The van der Waals surface area contributed by atoms with Crippen molar-refractivity contribution in [2.45, 2.75) is 6.18 Å². The molecule has 4 rings (SSSR count). The van der Waals surface area contributed by atoms with Crippen LogP contribution in [0.4, 0.5) is 13.2 Å². The van der Waals surface area contributed by atoms with Gasteiger partial charge in [0.2, 0.25) is 11.2 Å². The van der Waals surface area contributed by atoms with Crippen molar-refractivity contribution in [3.63, 3.8) is 0 Å². The third-order valence-electron chi connectivity index (χ3n) is 4.96. The van der Waals surface area contributed by atoms with Crippen molar-refractivity contribution in [2.24, 2.45) is 0 Å². The van der Waals surface area contributed by atoms with Gasteiger partial charge in [0, 0.05) is 6.07 Å². The van der Waals surface area contributed by atoms with Crippen LogP contribution in [0.5, 0.6) is 11.5 Å². The van der Waals surface area contributed by atoms with E-state index in [1.54, 1.807) is 6.08 Å². The minimum absolute atomic E-state index is 0.0287. The topological polar surface area (TPSA) is 48.7 Å². The summed E-state index contributed by atoms with van der Waals surface area (Å²) in [5, 5.41) is 0.0287. The van der Waals surface area contributed by atoms with Gasteiger partial charge < -0.3 is 13.9 Å². The minimum Gasteiger partial charge on any atom is -0.497 e. The van der Waals surface area contributed by atoms with Gasteiger partial charge in [0.1, 0.15) is 23.7 Å². The van der Waals surface area contributed by atoms with Gasteiger partial charge in [-0.3, -0.25) is 4.79 Å². The Balaban J connectivity index is 1.69. The lowest BCUT2D eigenvalue weighted by atomic mass is 10.0.